The standard InChI is InChI=1S/C23H35N5O2/c1-2-24-23(25-12-6-14-30-19-20-10-15-29-16-11-20)26-13-9-21-17-27-28(18-21)22-7-4-3-5-8-22/h3-5,7-8,17-18,20H,2,6,9-16,19H2,1H3,(H2,24,25,26). The van der Waals surface area contributed by atoms with Crippen molar-refractivity contribution in [1.82, 2.24) is 20.4 Å². The van der Waals surface area contributed by atoms with Gasteiger partial charge >= 0.3 is 0 Å². The van der Waals surface area contributed by atoms with Crippen LogP contribution in [0.1, 0.15) is 31.7 Å². The zero-order chi connectivity index (χ0) is 20.9. The van der Waals surface area contributed by atoms with E-state index in [-0.39, 0.29) is 0 Å². The highest BCUT2D eigenvalue weighted by atomic mass is 16.5. The van der Waals surface area contributed by atoms with Gasteiger partial charge in [-0.3, -0.25) is 4.99 Å². The van der Waals surface area contributed by atoms with Crippen LogP contribution in [0.5, 0.6) is 0 Å². The van der Waals surface area contributed by atoms with Crippen molar-refractivity contribution >= 4 is 5.96 Å². The number of para-hydroxylation sites is 1. The van der Waals surface area contributed by atoms with Crippen LogP contribution >= 0.6 is 0 Å². The van der Waals surface area contributed by atoms with E-state index in [1.165, 1.54) is 5.56 Å². The van der Waals surface area contributed by atoms with Crippen molar-refractivity contribution < 1.29 is 9.47 Å². The molecule has 2 N–H and O–H groups in total. The molecule has 0 unspecified atom stereocenters. The van der Waals surface area contributed by atoms with Gasteiger partial charge in [0.25, 0.3) is 0 Å². The second-order valence-electron chi connectivity index (χ2n) is 7.55. The summed E-state index contributed by atoms with van der Waals surface area (Å²) in [6.07, 6.45) is 8.08. The lowest BCUT2D eigenvalue weighted by Crippen LogP contribution is -2.38. The summed E-state index contributed by atoms with van der Waals surface area (Å²) in [4.78, 5) is 4.66. The Balaban J connectivity index is 1.33. The third kappa shape index (κ3) is 7.80. The molecule has 7 heteroatoms. The average molecular weight is 414 g/mol. The van der Waals surface area contributed by atoms with Crippen molar-refractivity contribution in [3.63, 3.8) is 0 Å². The van der Waals surface area contributed by atoms with E-state index in [1.807, 2.05) is 29.1 Å². The van der Waals surface area contributed by atoms with Gasteiger partial charge in [-0.15, -0.1) is 0 Å². The van der Waals surface area contributed by atoms with E-state index in [4.69, 9.17) is 9.47 Å². The summed E-state index contributed by atoms with van der Waals surface area (Å²) < 4.78 is 13.1. The average Bonchev–Trinajstić information content (AvgIpc) is 3.26. The van der Waals surface area contributed by atoms with E-state index in [0.29, 0.717) is 5.92 Å². The van der Waals surface area contributed by atoms with E-state index in [2.05, 4.69) is 46.0 Å². The minimum absolute atomic E-state index is 0.660. The summed E-state index contributed by atoms with van der Waals surface area (Å²) in [5.74, 6) is 1.52. The topological polar surface area (TPSA) is 72.7 Å². The first-order valence-electron chi connectivity index (χ1n) is 11.1. The Labute approximate surface area is 179 Å². The largest absolute Gasteiger partial charge is 0.381 e. The number of nitrogens with one attached hydrogen (secondary N) is 2. The van der Waals surface area contributed by atoms with Gasteiger partial charge in [-0.1, -0.05) is 18.2 Å². The third-order valence-electron chi connectivity index (χ3n) is 5.12. The van der Waals surface area contributed by atoms with Crippen molar-refractivity contribution in [1.29, 1.82) is 0 Å². The Morgan fingerprint density at radius 3 is 2.87 bits per heavy atom. The summed E-state index contributed by atoms with van der Waals surface area (Å²) in [5.41, 5.74) is 2.27. The number of benzene rings is 1. The number of hydrogen-bond acceptors (Lipinski definition) is 4. The van der Waals surface area contributed by atoms with Gasteiger partial charge in [-0.05, 0) is 56.2 Å². The number of guanidine groups is 1. The lowest BCUT2D eigenvalue weighted by Gasteiger charge is -2.21. The smallest absolute Gasteiger partial charge is 0.191 e. The minimum atomic E-state index is 0.660. The lowest BCUT2D eigenvalue weighted by atomic mass is 10.0. The number of aromatic nitrogens is 2. The molecule has 0 radical (unpaired) electrons. The molecule has 0 amide bonds. The Kier molecular flexibility index (Phi) is 9.69. The summed E-state index contributed by atoms with van der Waals surface area (Å²) >= 11 is 0. The second kappa shape index (κ2) is 13.0. The van der Waals surface area contributed by atoms with Gasteiger partial charge in [0.2, 0.25) is 0 Å². The lowest BCUT2D eigenvalue weighted by molar-refractivity contribution is 0.0205. The zero-order valence-corrected chi connectivity index (χ0v) is 18.1. The Bertz CT molecular complexity index is 741. The van der Waals surface area contributed by atoms with Gasteiger partial charge in [0.15, 0.2) is 5.96 Å². The molecule has 2 aromatic rings. The van der Waals surface area contributed by atoms with Crippen LogP contribution in [-0.4, -0.2) is 61.8 Å². The van der Waals surface area contributed by atoms with E-state index < -0.39 is 0 Å². The fourth-order valence-electron chi connectivity index (χ4n) is 3.40. The van der Waals surface area contributed by atoms with Crippen molar-refractivity contribution in [2.75, 3.05) is 46.1 Å². The van der Waals surface area contributed by atoms with Crippen LogP contribution in [0.4, 0.5) is 0 Å². The maximum absolute atomic E-state index is 5.82. The molecule has 0 atom stereocenters. The van der Waals surface area contributed by atoms with Crippen LogP contribution in [0.15, 0.2) is 47.7 Å². The van der Waals surface area contributed by atoms with Crippen LogP contribution in [0.3, 0.4) is 0 Å². The second-order valence-corrected chi connectivity index (χ2v) is 7.55. The summed E-state index contributed by atoms with van der Waals surface area (Å²) in [6, 6.07) is 10.2. The van der Waals surface area contributed by atoms with Crippen molar-refractivity contribution in [3.05, 3.63) is 48.3 Å². The van der Waals surface area contributed by atoms with Gasteiger partial charge in [-0.25, -0.2) is 4.68 Å². The van der Waals surface area contributed by atoms with Crippen LogP contribution in [0, 0.1) is 5.92 Å². The molecule has 0 aliphatic carbocycles. The fraction of sp³-hybridized carbons (Fsp3) is 0.565. The third-order valence-corrected chi connectivity index (χ3v) is 5.12. The Hall–Kier alpha value is -2.38. The summed E-state index contributed by atoms with van der Waals surface area (Å²) in [7, 11) is 0. The molecule has 7 nitrogen and oxygen atoms in total. The molecule has 1 fully saturated rings. The van der Waals surface area contributed by atoms with Crippen molar-refractivity contribution in [2.24, 2.45) is 10.9 Å². The summed E-state index contributed by atoms with van der Waals surface area (Å²) in [5, 5.41) is 11.2. The molecule has 1 aliphatic heterocycles. The molecular weight excluding hydrogens is 378 g/mol. The van der Waals surface area contributed by atoms with Crippen LogP contribution < -0.4 is 10.6 Å². The van der Waals surface area contributed by atoms with Gasteiger partial charge in [-0.2, -0.15) is 5.10 Å². The molecule has 164 valence electrons. The number of nitrogens with zero attached hydrogens (tertiary/aromatic N) is 3. The highest BCUT2D eigenvalue weighted by molar-refractivity contribution is 5.79. The fourth-order valence-corrected chi connectivity index (χ4v) is 3.40. The number of hydrogen-bond donors (Lipinski definition) is 2. The van der Waals surface area contributed by atoms with E-state index >= 15 is 0 Å². The molecule has 1 aromatic heterocycles. The van der Waals surface area contributed by atoms with Gasteiger partial charge in [0, 0.05) is 52.3 Å². The first-order chi connectivity index (χ1) is 14.8. The number of rotatable bonds is 11. The summed E-state index contributed by atoms with van der Waals surface area (Å²) in [6.45, 7) is 7.87. The molecular formula is C23H35N5O2. The van der Waals surface area contributed by atoms with E-state index in [1.54, 1.807) is 0 Å². The molecule has 1 aliphatic rings. The molecule has 1 aromatic carbocycles. The van der Waals surface area contributed by atoms with E-state index in [9.17, 15) is 0 Å². The van der Waals surface area contributed by atoms with Crippen LogP contribution in [-0.2, 0) is 15.9 Å². The minimum Gasteiger partial charge on any atom is -0.381 e. The van der Waals surface area contributed by atoms with Crippen molar-refractivity contribution in [2.45, 2.75) is 32.6 Å². The van der Waals surface area contributed by atoms with Gasteiger partial charge < -0.3 is 20.1 Å². The SMILES string of the molecule is CCNC(=NCCCOCC1CCOCC1)NCCc1cnn(-c2ccccc2)c1. The number of ether oxygens (including phenoxy) is 2. The number of aliphatic imine (C=N–C) groups is 1. The Morgan fingerprint density at radius 2 is 2.07 bits per heavy atom. The molecule has 0 saturated carbocycles. The van der Waals surface area contributed by atoms with Crippen LogP contribution in [0.25, 0.3) is 5.69 Å². The molecule has 3 rings (SSSR count). The first kappa shape index (κ1) is 22.3. The van der Waals surface area contributed by atoms with Gasteiger partial charge in [0.05, 0.1) is 11.9 Å². The molecule has 30 heavy (non-hydrogen) atoms. The zero-order valence-electron chi connectivity index (χ0n) is 18.1. The molecule has 2 heterocycles. The molecule has 1 saturated heterocycles. The predicted molar refractivity (Wildman–Crippen MR) is 120 cm³/mol. The first-order valence-corrected chi connectivity index (χ1v) is 11.1. The monoisotopic (exact) mass is 413 g/mol. The van der Waals surface area contributed by atoms with Crippen LogP contribution in [0.2, 0.25) is 0 Å². The van der Waals surface area contributed by atoms with Crippen molar-refractivity contribution in [3.8, 4) is 5.69 Å². The maximum Gasteiger partial charge on any atom is 0.191 e. The van der Waals surface area contributed by atoms with E-state index in [0.717, 1.165) is 83.4 Å². The quantitative estimate of drug-likeness (QED) is 0.337. The highest BCUT2D eigenvalue weighted by Gasteiger charge is 2.13. The molecule has 0 bridgehead atoms. The highest BCUT2D eigenvalue weighted by Crippen LogP contribution is 2.14. The normalized spacial score (nSPS) is 15.3. The maximum atomic E-state index is 5.82. The van der Waals surface area contributed by atoms with Gasteiger partial charge in [0.1, 0.15) is 0 Å². The predicted octanol–water partition coefficient (Wildman–Crippen LogP) is 2.80. The molecule has 0 spiro atoms. The Morgan fingerprint density at radius 1 is 1.23 bits per heavy atom.